The van der Waals surface area contributed by atoms with Gasteiger partial charge in [-0.05, 0) is 37.3 Å². The van der Waals surface area contributed by atoms with Crippen molar-refractivity contribution >= 4 is 0 Å². The third-order valence-corrected chi connectivity index (χ3v) is 2.56. The molecule has 66 valence electrons. The van der Waals surface area contributed by atoms with Gasteiger partial charge in [-0.15, -0.1) is 0 Å². The number of aromatic nitrogens is 1. The number of rotatable bonds is 0. The lowest BCUT2D eigenvalue weighted by atomic mass is 9.87. The summed E-state index contributed by atoms with van der Waals surface area (Å²) in [5, 5.41) is 8.92. The van der Waals surface area contributed by atoms with E-state index in [1.54, 1.807) is 0 Å². The van der Waals surface area contributed by atoms with Crippen LogP contribution in [-0.4, -0.2) is 4.98 Å². The number of hydrogen-bond donors (Lipinski definition) is 0. The maximum atomic E-state index is 8.92. The second-order valence-electron chi connectivity index (χ2n) is 3.63. The molecule has 0 aromatic carbocycles. The van der Waals surface area contributed by atoms with Crippen molar-refractivity contribution in [1.29, 1.82) is 5.26 Å². The standard InChI is InChI=1S/C11H12N2/c1-8-5-9-3-2-4-10(6-12)11(9)13-7-8/h5,7,10H,2-4H2,1H3. The molecule has 2 nitrogen and oxygen atoms in total. The Balaban J connectivity index is 2.47. The van der Waals surface area contributed by atoms with Crippen molar-refractivity contribution in [2.24, 2.45) is 0 Å². The van der Waals surface area contributed by atoms with E-state index in [-0.39, 0.29) is 5.92 Å². The van der Waals surface area contributed by atoms with Crippen molar-refractivity contribution in [3.05, 3.63) is 29.1 Å². The molecule has 0 radical (unpaired) electrons. The lowest BCUT2D eigenvalue weighted by molar-refractivity contribution is 0.618. The minimum absolute atomic E-state index is 0.0318. The third-order valence-electron chi connectivity index (χ3n) is 2.56. The largest absolute Gasteiger partial charge is 0.259 e. The van der Waals surface area contributed by atoms with Gasteiger partial charge in [0.15, 0.2) is 0 Å². The van der Waals surface area contributed by atoms with Gasteiger partial charge in [0, 0.05) is 6.20 Å². The Morgan fingerprint density at radius 3 is 3.23 bits per heavy atom. The van der Waals surface area contributed by atoms with Crippen LogP contribution in [0.15, 0.2) is 12.3 Å². The van der Waals surface area contributed by atoms with Crippen molar-refractivity contribution in [1.82, 2.24) is 4.98 Å². The average Bonchev–Trinajstić information content (AvgIpc) is 2.16. The second-order valence-corrected chi connectivity index (χ2v) is 3.63. The van der Waals surface area contributed by atoms with Gasteiger partial charge in [-0.1, -0.05) is 6.07 Å². The molecule has 2 rings (SSSR count). The van der Waals surface area contributed by atoms with E-state index in [9.17, 15) is 0 Å². The van der Waals surface area contributed by atoms with E-state index in [0.717, 1.165) is 25.0 Å². The molecule has 0 saturated heterocycles. The summed E-state index contributed by atoms with van der Waals surface area (Å²) in [6.07, 6.45) is 5.03. The highest BCUT2D eigenvalue weighted by Crippen LogP contribution is 2.29. The van der Waals surface area contributed by atoms with E-state index >= 15 is 0 Å². The molecule has 1 aromatic rings. The Morgan fingerprint density at radius 1 is 1.62 bits per heavy atom. The summed E-state index contributed by atoms with van der Waals surface area (Å²) in [5.74, 6) is 0.0318. The van der Waals surface area contributed by atoms with Gasteiger partial charge in [-0.2, -0.15) is 5.26 Å². The summed E-state index contributed by atoms with van der Waals surface area (Å²) < 4.78 is 0. The van der Waals surface area contributed by atoms with Crippen LogP contribution in [0, 0.1) is 18.3 Å². The van der Waals surface area contributed by atoms with E-state index in [0.29, 0.717) is 0 Å². The van der Waals surface area contributed by atoms with Gasteiger partial charge >= 0.3 is 0 Å². The van der Waals surface area contributed by atoms with Crippen LogP contribution in [0.1, 0.15) is 35.6 Å². The van der Waals surface area contributed by atoms with Crippen molar-refractivity contribution in [3.8, 4) is 6.07 Å². The number of pyridine rings is 1. The van der Waals surface area contributed by atoms with Crippen molar-refractivity contribution in [2.75, 3.05) is 0 Å². The molecule has 2 heteroatoms. The molecule has 0 bridgehead atoms. The zero-order valence-corrected chi connectivity index (χ0v) is 7.75. The summed E-state index contributed by atoms with van der Waals surface area (Å²) in [6.45, 7) is 2.04. The Bertz CT molecular complexity index is 363. The molecule has 1 aliphatic carbocycles. The molecule has 0 spiro atoms. The first kappa shape index (κ1) is 8.25. The number of hydrogen-bond acceptors (Lipinski definition) is 2. The molecule has 0 saturated carbocycles. The van der Waals surface area contributed by atoms with Gasteiger partial charge in [0.25, 0.3) is 0 Å². The first-order valence-electron chi connectivity index (χ1n) is 4.66. The van der Waals surface area contributed by atoms with Crippen LogP contribution in [0.5, 0.6) is 0 Å². The molecular weight excluding hydrogens is 160 g/mol. The predicted octanol–water partition coefficient (Wildman–Crippen LogP) is 2.33. The molecule has 1 aromatic heterocycles. The van der Waals surface area contributed by atoms with Crippen LogP contribution < -0.4 is 0 Å². The monoisotopic (exact) mass is 172 g/mol. The van der Waals surface area contributed by atoms with Crippen LogP contribution in [-0.2, 0) is 6.42 Å². The molecule has 0 aliphatic heterocycles. The summed E-state index contributed by atoms with van der Waals surface area (Å²) >= 11 is 0. The summed E-state index contributed by atoms with van der Waals surface area (Å²) in [4.78, 5) is 4.35. The molecule has 13 heavy (non-hydrogen) atoms. The number of fused-ring (bicyclic) bond motifs is 1. The van der Waals surface area contributed by atoms with Gasteiger partial charge in [0.2, 0.25) is 0 Å². The lowest BCUT2D eigenvalue weighted by Crippen LogP contribution is -2.10. The summed E-state index contributed by atoms with van der Waals surface area (Å²) in [5.41, 5.74) is 3.48. The van der Waals surface area contributed by atoms with E-state index in [1.807, 2.05) is 13.1 Å². The van der Waals surface area contributed by atoms with Crippen LogP contribution in [0.4, 0.5) is 0 Å². The average molecular weight is 172 g/mol. The van der Waals surface area contributed by atoms with Crippen molar-refractivity contribution < 1.29 is 0 Å². The van der Waals surface area contributed by atoms with Crippen LogP contribution >= 0.6 is 0 Å². The van der Waals surface area contributed by atoms with E-state index in [1.165, 1.54) is 11.1 Å². The first-order chi connectivity index (χ1) is 6.31. The van der Waals surface area contributed by atoms with E-state index in [4.69, 9.17) is 5.26 Å². The predicted molar refractivity (Wildman–Crippen MR) is 50.3 cm³/mol. The summed E-state index contributed by atoms with van der Waals surface area (Å²) in [6, 6.07) is 4.48. The van der Waals surface area contributed by atoms with Crippen molar-refractivity contribution in [2.45, 2.75) is 32.1 Å². The van der Waals surface area contributed by atoms with Crippen LogP contribution in [0.3, 0.4) is 0 Å². The molecule has 0 fully saturated rings. The maximum Gasteiger partial charge on any atom is 0.0887 e. The fourth-order valence-corrected chi connectivity index (χ4v) is 1.91. The van der Waals surface area contributed by atoms with Crippen LogP contribution in [0.2, 0.25) is 0 Å². The first-order valence-corrected chi connectivity index (χ1v) is 4.66. The Labute approximate surface area is 78.2 Å². The number of nitriles is 1. The van der Waals surface area contributed by atoms with Gasteiger partial charge < -0.3 is 0 Å². The van der Waals surface area contributed by atoms with E-state index < -0.39 is 0 Å². The molecule has 1 unspecified atom stereocenters. The number of aryl methyl sites for hydroxylation is 2. The number of nitrogens with zero attached hydrogens (tertiary/aromatic N) is 2. The zero-order chi connectivity index (χ0) is 9.26. The normalized spacial score (nSPS) is 20.5. The van der Waals surface area contributed by atoms with Gasteiger partial charge in [-0.3, -0.25) is 4.98 Å². The highest BCUT2D eigenvalue weighted by atomic mass is 14.7. The minimum Gasteiger partial charge on any atom is -0.259 e. The molecule has 1 aliphatic rings. The molecular formula is C11H12N2. The Kier molecular flexibility index (Phi) is 2.02. The fraction of sp³-hybridized carbons (Fsp3) is 0.455. The highest BCUT2D eigenvalue weighted by molar-refractivity contribution is 5.32. The second kappa shape index (κ2) is 3.18. The highest BCUT2D eigenvalue weighted by Gasteiger charge is 2.20. The molecule has 0 amide bonds. The van der Waals surface area contributed by atoms with Gasteiger partial charge in [-0.25, -0.2) is 0 Å². The SMILES string of the molecule is Cc1cnc2c(c1)CCCC2C#N. The van der Waals surface area contributed by atoms with Gasteiger partial charge in [0.05, 0.1) is 17.7 Å². The quantitative estimate of drug-likeness (QED) is 0.602. The Hall–Kier alpha value is -1.36. The zero-order valence-electron chi connectivity index (χ0n) is 7.75. The smallest absolute Gasteiger partial charge is 0.0887 e. The van der Waals surface area contributed by atoms with Crippen LogP contribution in [0.25, 0.3) is 0 Å². The minimum atomic E-state index is 0.0318. The molecule has 1 heterocycles. The lowest BCUT2D eigenvalue weighted by Gasteiger charge is -2.19. The third kappa shape index (κ3) is 1.42. The molecule has 1 atom stereocenters. The fourth-order valence-electron chi connectivity index (χ4n) is 1.91. The van der Waals surface area contributed by atoms with E-state index in [2.05, 4.69) is 17.1 Å². The topological polar surface area (TPSA) is 36.7 Å². The summed E-state index contributed by atoms with van der Waals surface area (Å²) in [7, 11) is 0. The van der Waals surface area contributed by atoms with Crippen molar-refractivity contribution in [3.63, 3.8) is 0 Å². The van der Waals surface area contributed by atoms with Gasteiger partial charge in [0.1, 0.15) is 0 Å². The molecule has 0 N–H and O–H groups in total. The Morgan fingerprint density at radius 2 is 2.46 bits per heavy atom. The maximum absolute atomic E-state index is 8.92.